The number of aryl methyl sites for hydroxylation is 1. The molecule has 2 aromatic rings. The monoisotopic (exact) mass is 511 g/mol. The Hall–Kier alpha value is -2.65. The molecule has 0 radical (unpaired) electrons. The van der Waals surface area contributed by atoms with E-state index in [2.05, 4.69) is 5.32 Å². The first-order chi connectivity index (χ1) is 16.0. The summed E-state index contributed by atoms with van der Waals surface area (Å²) in [6, 6.07) is 9.50. The molecule has 0 aliphatic heterocycles. The molecule has 0 bridgehead atoms. The molecule has 2 rings (SSSR count). The summed E-state index contributed by atoms with van der Waals surface area (Å²) in [6.45, 7) is 5.42. The fourth-order valence-electron chi connectivity index (χ4n) is 3.42. The highest BCUT2D eigenvalue weighted by Crippen LogP contribution is 2.25. The van der Waals surface area contributed by atoms with Gasteiger partial charge in [-0.15, -0.1) is 0 Å². The predicted molar refractivity (Wildman–Crippen MR) is 133 cm³/mol. The molecule has 0 aliphatic carbocycles. The van der Waals surface area contributed by atoms with Crippen LogP contribution in [-0.4, -0.2) is 50.5 Å². The number of benzene rings is 2. The summed E-state index contributed by atoms with van der Waals surface area (Å²) >= 11 is 6.19. The minimum absolute atomic E-state index is 0.0173. The largest absolute Gasteiger partial charge is 0.354 e. The molecule has 2 amide bonds. The van der Waals surface area contributed by atoms with Crippen molar-refractivity contribution < 1.29 is 22.4 Å². The SMILES string of the molecule is CCCNC(=O)[C@H](CC)N(Cc1ccc(F)cc1)C(=O)CN(c1ccc(C)c(Cl)c1)S(C)(=O)=O. The number of halogens is 2. The number of amides is 2. The maximum Gasteiger partial charge on any atom is 0.244 e. The van der Waals surface area contributed by atoms with Crippen LogP contribution < -0.4 is 9.62 Å². The van der Waals surface area contributed by atoms with Crippen LogP contribution in [0.3, 0.4) is 0 Å². The third kappa shape index (κ3) is 7.43. The van der Waals surface area contributed by atoms with E-state index in [4.69, 9.17) is 11.6 Å². The third-order valence-electron chi connectivity index (χ3n) is 5.32. The summed E-state index contributed by atoms with van der Waals surface area (Å²) in [5.41, 5.74) is 1.62. The Morgan fingerprint density at radius 2 is 1.76 bits per heavy atom. The maximum atomic E-state index is 13.5. The first kappa shape index (κ1) is 27.6. The number of carbonyl (C=O) groups excluding carboxylic acids is 2. The summed E-state index contributed by atoms with van der Waals surface area (Å²) in [7, 11) is -3.84. The minimum Gasteiger partial charge on any atom is -0.354 e. The molecule has 0 aliphatic rings. The molecular weight excluding hydrogens is 481 g/mol. The molecule has 1 atom stereocenters. The molecule has 1 N–H and O–H groups in total. The van der Waals surface area contributed by atoms with Gasteiger partial charge < -0.3 is 10.2 Å². The van der Waals surface area contributed by atoms with E-state index in [-0.39, 0.29) is 18.1 Å². The number of hydrogen-bond acceptors (Lipinski definition) is 4. The van der Waals surface area contributed by atoms with E-state index < -0.39 is 34.3 Å². The van der Waals surface area contributed by atoms with Crippen molar-refractivity contribution >= 4 is 39.1 Å². The van der Waals surface area contributed by atoms with Gasteiger partial charge in [0.2, 0.25) is 21.8 Å². The van der Waals surface area contributed by atoms with Crippen LogP contribution in [0.15, 0.2) is 42.5 Å². The van der Waals surface area contributed by atoms with E-state index >= 15 is 0 Å². The summed E-state index contributed by atoms with van der Waals surface area (Å²) in [6.07, 6.45) is 2.05. The molecule has 186 valence electrons. The smallest absolute Gasteiger partial charge is 0.244 e. The molecule has 0 spiro atoms. The van der Waals surface area contributed by atoms with Crippen LogP contribution >= 0.6 is 11.6 Å². The van der Waals surface area contributed by atoms with Crippen molar-refractivity contribution in [3.63, 3.8) is 0 Å². The van der Waals surface area contributed by atoms with E-state index in [1.165, 1.54) is 35.2 Å². The van der Waals surface area contributed by atoms with Gasteiger partial charge in [-0.3, -0.25) is 13.9 Å². The predicted octanol–water partition coefficient (Wildman–Crippen LogP) is 3.89. The van der Waals surface area contributed by atoms with E-state index in [1.807, 2.05) is 6.92 Å². The molecule has 0 saturated heterocycles. The molecule has 10 heteroatoms. The average Bonchev–Trinajstić information content (AvgIpc) is 2.78. The number of nitrogens with one attached hydrogen (secondary N) is 1. The van der Waals surface area contributed by atoms with Crippen LogP contribution in [0.25, 0.3) is 0 Å². The summed E-state index contributed by atoms with van der Waals surface area (Å²) in [5, 5.41) is 3.17. The van der Waals surface area contributed by atoms with Gasteiger partial charge in [0.05, 0.1) is 11.9 Å². The van der Waals surface area contributed by atoms with Crippen LogP contribution in [-0.2, 0) is 26.2 Å². The molecule has 0 aromatic heterocycles. The van der Waals surface area contributed by atoms with Gasteiger partial charge in [0.1, 0.15) is 18.4 Å². The highest BCUT2D eigenvalue weighted by Gasteiger charge is 2.31. The van der Waals surface area contributed by atoms with E-state index in [0.717, 1.165) is 22.5 Å². The Kier molecular flexibility index (Phi) is 9.88. The van der Waals surface area contributed by atoms with Gasteiger partial charge in [-0.2, -0.15) is 0 Å². The lowest BCUT2D eigenvalue weighted by atomic mass is 10.1. The van der Waals surface area contributed by atoms with Gasteiger partial charge in [0.15, 0.2) is 0 Å². The topological polar surface area (TPSA) is 86.8 Å². The number of anilines is 1. The van der Waals surface area contributed by atoms with Crippen molar-refractivity contribution in [2.75, 3.05) is 23.7 Å². The lowest BCUT2D eigenvalue weighted by Crippen LogP contribution is -2.52. The van der Waals surface area contributed by atoms with Crippen LogP contribution in [0.5, 0.6) is 0 Å². The number of rotatable bonds is 11. The van der Waals surface area contributed by atoms with Gasteiger partial charge in [-0.25, -0.2) is 12.8 Å². The summed E-state index contributed by atoms with van der Waals surface area (Å²) < 4.78 is 39.5. The van der Waals surface area contributed by atoms with Crippen molar-refractivity contribution in [1.82, 2.24) is 10.2 Å². The standard InChI is InChI=1S/C24H31ClFN3O4S/c1-5-13-27-24(31)22(6-2)28(15-18-8-10-19(26)11-9-18)23(30)16-29(34(4,32)33)20-12-7-17(3)21(25)14-20/h7-12,14,22H,5-6,13,15-16H2,1-4H3,(H,27,31)/t22-/m0/s1. The quantitative estimate of drug-likeness (QED) is 0.496. The molecule has 0 unspecified atom stereocenters. The molecular formula is C24H31ClFN3O4S. The van der Waals surface area contributed by atoms with Crippen LogP contribution in [0.1, 0.15) is 37.8 Å². The third-order valence-corrected chi connectivity index (χ3v) is 6.87. The Labute approximate surface area is 205 Å². The Morgan fingerprint density at radius 1 is 1.12 bits per heavy atom. The molecule has 0 heterocycles. The number of carbonyl (C=O) groups is 2. The highest BCUT2D eigenvalue weighted by molar-refractivity contribution is 7.92. The number of nitrogens with zero attached hydrogens (tertiary/aromatic N) is 2. The Morgan fingerprint density at radius 3 is 2.29 bits per heavy atom. The zero-order chi connectivity index (χ0) is 25.5. The summed E-state index contributed by atoms with van der Waals surface area (Å²) in [4.78, 5) is 27.7. The lowest BCUT2D eigenvalue weighted by molar-refractivity contribution is -0.140. The molecule has 7 nitrogen and oxygen atoms in total. The normalized spacial score (nSPS) is 12.2. The Balaban J connectivity index is 2.43. The van der Waals surface area contributed by atoms with Crippen LogP contribution in [0, 0.1) is 12.7 Å². The highest BCUT2D eigenvalue weighted by atomic mass is 35.5. The van der Waals surface area contributed by atoms with E-state index in [1.54, 1.807) is 26.0 Å². The molecule has 0 fully saturated rings. The van der Waals surface area contributed by atoms with Gasteiger partial charge in [0, 0.05) is 18.1 Å². The first-order valence-corrected chi connectivity index (χ1v) is 13.3. The fourth-order valence-corrected chi connectivity index (χ4v) is 4.44. The molecule has 2 aromatic carbocycles. The Bertz CT molecular complexity index is 1110. The van der Waals surface area contributed by atoms with Crippen LogP contribution in [0.4, 0.5) is 10.1 Å². The second kappa shape index (κ2) is 12.2. The van der Waals surface area contributed by atoms with Gasteiger partial charge >= 0.3 is 0 Å². The molecule has 34 heavy (non-hydrogen) atoms. The van der Waals surface area contributed by atoms with Gasteiger partial charge in [-0.05, 0) is 55.2 Å². The summed E-state index contributed by atoms with van der Waals surface area (Å²) in [5.74, 6) is -1.32. The van der Waals surface area contributed by atoms with Crippen LogP contribution in [0.2, 0.25) is 5.02 Å². The number of sulfonamides is 1. The maximum absolute atomic E-state index is 13.5. The fraction of sp³-hybridized carbons (Fsp3) is 0.417. The minimum atomic E-state index is -3.84. The zero-order valence-corrected chi connectivity index (χ0v) is 21.4. The van der Waals surface area contributed by atoms with Crippen molar-refractivity contribution in [1.29, 1.82) is 0 Å². The lowest BCUT2D eigenvalue weighted by Gasteiger charge is -2.33. The van der Waals surface area contributed by atoms with E-state index in [9.17, 15) is 22.4 Å². The molecule has 0 saturated carbocycles. The first-order valence-electron chi connectivity index (χ1n) is 11.0. The van der Waals surface area contributed by atoms with Gasteiger partial charge in [0.25, 0.3) is 0 Å². The number of hydrogen-bond donors (Lipinski definition) is 1. The van der Waals surface area contributed by atoms with Crippen molar-refractivity contribution in [2.45, 2.75) is 46.2 Å². The second-order valence-electron chi connectivity index (χ2n) is 8.07. The van der Waals surface area contributed by atoms with E-state index in [0.29, 0.717) is 23.6 Å². The van der Waals surface area contributed by atoms with Gasteiger partial charge in [-0.1, -0.05) is 43.6 Å². The van der Waals surface area contributed by atoms with Crippen molar-refractivity contribution in [3.8, 4) is 0 Å². The van der Waals surface area contributed by atoms with Crippen molar-refractivity contribution in [3.05, 3.63) is 64.4 Å². The second-order valence-corrected chi connectivity index (χ2v) is 10.4. The zero-order valence-electron chi connectivity index (χ0n) is 19.8. The average molecular weight is 512 g/mol. The van der Waals surface area contributed by atoms with Crippen molar-refractivity contribution in [2.24, 2.45) is 0 Å².